The van der Waals surface area contributed by atoms with E-state index in [-0.39, 0.29) is 6.61 Å². The summed E-state index contributed by atoms with van der Waals surface area (Å²) in [6, 6.07) is 0. The van der Waals surface area contributed by atoms with Crippen LogP contribution in [0, 0.1) is 0 Å². The fraction of sp³-hybridized carbons (Fsp3) is 0.600. The van der Waals surface area contributed by atoms with Crippen molar-refractivity contribution in [3.63, 3.8) is 0 Å². The van der Waals surface area contributed by atoms with Gasteiger partial charge in [-0.3, -0.25) is 0 Å². The molecule has 0 spiro atoms. The van der Waals surface area contributed by atoms with Gasteiger partial charge in [-0.2, -0.15) is 0 Å². The highest BCUT2D eigenvalue weighted by Crippen LogP contribution is 2.16. The van der Waals surface area contributed by atoms with Gasteiger partial charge in [0, 0.05) is 0 Å². The third-order valence-corrected chi connectivity index (χ3v) is 1.68. The van der Waals surface area contributed by atoms with Crippen molar-refractivity contribution < 1.29 is 5.11 Å². The first-order valence-electron chi connectivity index (χ1n) is 4.31. The zero-order chi connectivity index (χ0) is 8.69. The van der Waals surface area contributed by atoms with Gasteiger partial charge in [-0.25, -0.2) is 0 Å². The van der Waals surface area contributed by atoms with E-state index in [0.717, 1.165) is 18.4 Å². The maximum atomic E-state index is 8.75. The quantitative estimate of drug-likeness (QED) is 0.615. The second kappa shape index (κ2) is 6.17. The Balaban J connectivity index is 0.000000461. The van der Waals surface area contributed by atoms with Crippen molar-refractivity contribution >= 4 is 0 Å². The molecule has 0 amide bonds. The van der Waals surface area contributed by atoms with Crippen LogP contribution in [0.15, 0.2) is 23.3 Å². The molecule has 1 rings (SSSR count). The molecule has 11 heavy (non-hydrogen) atoms. The number of aliphatic hydroxyl groups is 1. The van der Waals surface area contributed by atoms with Crippen molar-refractivity contribution in [3.8, 4) is 0 Å². The minimum atomic E-state index is 0.197. The second-order valence-electron chi connectivity index (χ2n) is 2.35. The lowest BCUT2D eigenvalue weighted by Crippen LogP contribution is -1.95. The molecule has 0 aromatic heterocycles. The van der Waals surface area contributed by atoms with Crippen LogP contribution in [0.1, 0.15) is 33.6 Å². The van der Waals surface area contributed by atoms with Crippen LogP contribution in [0.5, 0.6) is 0 Å². The summed E-state index contributed by atoms with van der Waals surface area (Å²) in [5.74, 6) is 0. The van der Waals surface area contributed by atoms with E-state index in [4.69, 9.17) is 5.11 Å². The maximum absolute atomic E-state index is 8.75. The van der Waals surface area contributed by atoms with Crippen molar-refractivity contribution in [2.75, 3.05) is 6.61 Å². The Kier molecular flexibility index (Phi) is 5.86. The largest absolute Gasteiger partial charge is 0.392 e. The van der Waals surface area contributed by atoms with E-state index in [0.29, 0.717) is 0 Å². The summed E-state index contributed by atoms with van der Waals surface area (Å²) in [6.45, 7) is 6.24. The number of hydrogen-bond acceptors (Lipinski definition) is 1. The van der Waals surface area contributed by atoms with Crippen molar-refractivity contribution in [3.05, 3.63) is 23.3 Å². The van der Waals surface area contributed by atoms with E-state index < -0.39 is 0 Å². The topological polar surface area (TPSA) is 20.2 Å². The van der Waals surface area contributed by atoms with Gasteiger partial charge in [0.1, 0.15) is 0 Å². The van der Waals surface area contributed by atoms with Crippen LogP contribution in [-0.4, -0.2) is 11.7 Å². The molecule has 64 valence electrons. The zero-order valence-corrected chi connectivity index (χ0v) is 7.72. The second-order valence-corrected chi connectivity index (χ2v) is 2.35. The fourth-order valence-corrected chi connectivity index (χ4v) is 1.04. The van der Waals surface area contributed by atoms with Gasteiger partial charge >= 0.3 is 0 Å². The monoisotopic (exact) mass is 154 g/mol. The molecular weight excluding hydrogens is 136 g/mol. The first-order valence-corrected chi connectivity index (χ1v) is 4.31. The third-order valence-electron chi connectivity index (χ3n) is 1.68. The van der Waals surface area contributed by atoms with Gasteiger partial charge in [0.2, 0.25) is 0 Å². The summed E-state index contributed by atoms with van der Waals surface area (Å²) >= 11 is 0. The molecule has 0 aliphatic heterocycles. The Labute approximate surface area is 69.4 Å². The van der Waals surface area contributed by atoms with Gasteiger partial charge < -0.3 is 5.11 Å². The lowest BCUT2D eigenvalue weighted by atomic mass is 10.0. The predicted molar refractivity (Wildman–Crippen MR) is 49.5 cm³/mol. The van der Waals surface area contributed by atoms with E-state index in [2.05, 4.69) is 12.2 Å². The first-order chi connectivity index (χ1) is 5.34. The molecule has 1 aliphatic carbocycles. The normalized spacial score (nSPS) is 16.0. The van der Waals surface area contributed by atoms with E-state index in [1.807, 2.05) is 20.8 Å². The van der Waals surface area contributed by atoms with E-state index in [1.165, 1.54) is 5.57 Å². The van der Waals surface area contributed by atoms with Crippen molar-refractivity contribution in [1.29, 1.82) is 0 Å². The number of hydrogen-bond donors (Lipinski definition) is 1. The van der Waals surface area contributed by atoms with Crippen LogP contribution in [0.4, 0.5) is 0 Å². The lowest BCUT2D eigenvalue weighted by Gasteiger charge is -2.08. The smallest absolute Gasteiger partial charge is 0.0681 e. The Hall–Kier alpha value is -0.560. The molecule has 0 fully saturated rings. The third kappa shape index (κ3) is 3.38. The molecule has 0 bridgehead atoms. The Morgan fingerprint density at radius 2 is 1.82 bits per heavy atom. The van der Waals surface area contributed by atoms with Crippen LogP contribution in [0.3, 0.4) is 0 Å². The van der Waals surface area contributed by atoms with Gasteiger partial charge in [0.05, 0.1) is 6.61 Å². The fourth-order valence-electron chi connectivity index (χ4n) is 1.04. The van der Waals surface area contributed by atoms with Gasteiger partial charge in [-0.05, 0) is 30.9 Å². The molecule has 0 unspecified atom stereocenters. The van der Waals surface area contributed by atoms with Crippen molar-refractivity contribution in [1.82, 2.24) is 0 Å². The Bertz CT molecular complexity index is 154. The van der Waals surface area contributed by atoms with E-state index in [9.17, 15) is 0 Å². The Morgan fingerprint density at radius 3 is 2.18 bits per heavy atom. The van der Waals surface area contributed by atoms with Crippen molar-refractivity contribution in [2.45, 2.75) is 33.6 Å². The molecule has 0 saturated heterocycles. The maximum Gasteiger partial charge on any atom is 0.0681 e. The lowest BCUT2D eigenvalue weighted by molar-refractivity contribution is 0.332. The Morgan fingerprint density at radius 1 is 1.27 bits per heavy atom. The minimum Gasteiger partial charge on any atom is -0.392 e. The molecule has 0 atom stereocenters. The van der Waals surface area contributed by atoms with Gasteiger partial charge in [0.15, 0.2) is 0 Å². The highest BCUT2D eigenvalue weighted by molar-refractivity contribution is 5.31. The van der Waals surface area contributed by atoms with Gasteiger partial charge in [-0.15, -0.1) is 0 Å². The average Bonchev–Trinajstić information content (AvgIpc) is 2.09. The number of aliphatic hydroxyl groups excluding tert-OH is 1. The summed E-state index contributed by atoms with van der Waals surface area (Å²) in [5, 5.41) is 8.75. The van der Waals surface area contributed by atoms with Gasteiger partial charge in [0.25, 0.3) is 0 Å². The summed E-state index contributed by atoms with van der Waals surface area (Å²) in [4.78, 5) is 0. The standard InChI is InChI=1S/C8H12O.C2H6/c1-7-4-2-3-5-8(7)6-9;1-2/h4-5,9H,2-3,6H2,1H3;1-2H3. The molecule has 0 heterocycles. The van der Waals surface area contributed by atoms with Crippen LogP contribution in [0.25, 0.3) is 0 Å². The van der Waals surface area contributed by atoms with Crippen LogP contribution >= 0.6 is 0 Å². The first kappa shape index (κ1) is 10.4. The van der Waals surface area contributed by atoms with Crippen LogP contribution < -0.4 is 0 Å². The molecule has 1 aliphatic rings. The predicted octanol–water partition coefficient (Wildman–Crippen LogP) is 2.67. The van der Waals surface area contributed by atoms with Gasteiger partial charge in [-0.1, -0.05) is 26.0 Å². The van der Waals surface area contributed by atoms with Crippen LogP contribution in [0.2, 0.25) is 0 Å². The molecule has 0 aromatic carbocycles. The molecule has 1 heteroatoms. The number of allylic oxidation sites excluding steroid dienone is 2. The van der Waals surface area contributed by atoms with E-state index in [1.54, 1.807) is 0 Å². The SMILES string of the molecule is CC.CC1=CCCC=C1CO. The summed E-state index contributed by atoms with van der Waals surface area (Å²) in [5.41, 5.74) is 2.34. The highest BCUT2D eigenvalue weighted by Gasteiger charge is 2.00. The molecular formula is C10H18O. The summed E-state index contributed by atoms with van der Waals surface area (Å²) in [6.07, 6.45) is 6.50. The zero-order valence-electron chi connectivity index (χ0n) is 7.72. The summed E-state index contributed by atoms with van der Waals surface area (Å²) < 4.78 is 0. The summed E-state index contributed by atoms with van der Waals surface area (Å²) in [7, 11) is 0. The highest BCUT2D eigenvalue weighted by atomic mass is 16.3. The van der Waals surface area contributed by atoms with E-state index >= 15 is 0 Å². The molecule has 1 nitrogen and oxygen atoms in total. The molecule has 0 saturated carbocycles. The van der Waals surface area contributed by atoms with Crippen LogP contribution in [-0.2, 0) is 0 Å². The number of rotatable bonds is 1. The molecule has 0 aromatic rings. The minimum absolute atomic E-state index is 0.197. The van der Waals surface area contributed by atoms with Crippen molar-refractivity contribution in [2.24, 2.45) is 0 Å². The molecule has 0 radical (unpaired) electrons. The average molecular weight is 154 g/mol. The molecule has 1 N–H and O–H groups in total.